The molecule has 14 heavy (non-hydrogen) atoms. The number of halogens is 4. The number of hydrogen-bond donors (Lipinski definition) is 0. The van der Waals surface area contributed by atoms with Crippen LogP contribution in [0.25, 0.3) is 0 Å². The van der Waals surface area contributed by atoms with E-state index in [1.54, 1.807) is 0 Å². The molecule has 0 amide bonds. The van der Waals surface area contributed by atoms with Gasteiger partial charge >= 0.3 is 6.18 Å². The second-order valence-corrected chi connectivity index (χ2v) is 3.02. The average molecular weight is 206 g/mol. The van der Waals surface area contributed by atoms with E-state index in [2.05, 4.69) is 4.74 Å². The largest absolute Gasteiger partial charge is 0.416 e. The van der Waals surface area contributed by atoms with Gasteiger partial charge < -0.3 is 4.74 Å². The first-order valence-electron chi connectivity index (χ1n) is 3.97. The predicted octanol–water partition coefficient (Wildman–Crippen LogP) is 2.92. The number of ether oxygens (including phenoxy) is 1. The lowest BCUT2D eigenvalue weighted by atomic mass is 10.0. The van der Waals surface area contributed by atoms with Crippen LogP contribution >= 0.6 is 0 Å². The van der Waals surface area contributed by atoms with E-state index >= 15 is 0 Å². The standard InChI is InChI=1S/C9H6F4O/c10-6-3-1-2-5(9(11,12)13)8(6)7-4-14-7/h1-3,7H,4H2/t7-/m0/s1. The first-order valence-corrected chi connectivity index (χ1v) is 3.97. The molecule has 1 fully saturated rings. The molecule has 0 unspecified atom stereocenters. The molecule has 0 aromatic heterocycles. The molecule has 1 aliphatic heterocycles. The van der Waals surface area contributed by atoms with Gasteiger partial charge in [-0.25, -0.2) is 4.39 Å². The van der Waals surface area contributed by atoms with Crippen molar-refractivity contribution in [3.63, 3.8) is 0 Å². The highest BCUT2D eigenvalue weighted by Gasteiger charge is 2.40. The Morgan fingerprint density at radius 2 is 1.93 bits per heavy atom. The lowest BCUT2D eigenvalue weighted by Crippen LogP contribution is -2.10. The molecule has 0 spiro atoms. The SMILES string of the molecule is Fc1cccc(C(F)(F)F)c1[C@@H]1CO1. The molecule has 0 N–H and O–H groups in total. The summed E-state index contributed by atoms with van der Waals surface area (Å²) in [5, 5.41) is 0. The Labute approximate surface area is 77.3 Å². The van der Waals surface area contributed by atoms with Crippen molar-refractivity contribution in [3.05, 3.63) is 35.1 Å². The molecule has 5 heteroatoms. The fraction of sp³-hybridized carbons (Fsp3) is 0.333. The van der Waals surface area contributed by atoms with E-state index in [0.717, 1.165) is 18.2 Å². The van der Waals surface area contributed by atoms with Crippen LogP contribution in [0.1, 0.15) is 17.2 Å². The molecule has 2 rings (SSSR count). The first kappa shape index (κ1) is 9.45. The van der Waals surface area contributed by atoms with Crippen molar-refractivity contribution in [2.24, 2.45) is 0 Å². The van der Waals surface area contributed by atoms with Crippen LogP contribution in [0, 0.1) is 5.82 Å². The highest BCUT2D eigenvalue weighted by atomic mass is 19.4. The Kier molecular flexibility index (Phi) is 1.99. The molecule has 1 aromatic rings. The van der Waals surface area contributed by atoms with Crippen molar-refractivity contribution in [1.29, 1.82) is 0 Å². The van der Waals surface area contributed by atoms with Crippen LogP contribution in [-0.4, -0.2) is 6.61 Å². The number of benzene rings is 1. The molecule has 0 aliphatic carbocycles. The second kappa shape index (κ2) is 2.95. The van der Waals surface area contributed by atoms with Gasteiger partial charge in [-0.2, -0.15) is 13.2 Å². The summed E-state index contributed by atoms with van der Waals surface area (Å²) >= 11 is 0. The first-order chi connectivity index (χ1) is 6.50. The van der Waals surface area contributed by atoms with Crippen molar-refractivity contribution in [2.75, 3.05) is 6.61 Å². The highest BCUT2D eigenvalue weighted by molar-refractivity contribution is 5.34. The van der Waals surface area contributed by atoms with Gasteiger partial charge in [0.15, 0.2) is 0 Å². The van der Waals surface area contributed by atoms with Gasteiger partial charge in [0.25, 0.3) is 0 Å². The fourth-order valence-electron chi connectivity index (χ4n) is 1.33. The van der Waals surface area contributed by atoms with Crippen molar-refractivity contribution < 1.29 is 22.3 Å². The molecule has 1 nitrogen and oxygen atoms in total. The predicted molar refractivity (Wildman–Crippen MR) is 40.1 cm³/mol. The van der Waals surface area contributed by atoms with Gasteiger partial charge in [-0.1, -0.05) is 6.07 Å². The maximum absolute atomic E-state index is 13.1. The molecule has 1 atom stereocenters. The summed E-state index contributed by atoms with van der Waals surface area (Å²) < 4.78 is 54.9. The zero-order chi connectivity index (χ0) is 10.3. The Hall–Kier alpha value is -1.10. The van der Waals surface area contributed by atoms with Crippen LogP contribution in [0.5, 0.6) is 0 Å². The Bertz CT molecular complexity index is 354. The van der Waals surface area contributed by atoms with E-state index < -0.39 is 23.7 Å². The Morgan fingerprint density at radius 1 is 1.29 bits per heavy atom. The Morgan fingerprint density at radius 3 is 2.43 bits per heavy atom. The maximum atomic E-state index is 13.1. The number of alkyl halides is 3. The summed E-state index contributed by atoms with van der Waals surface area (Å²) in [5.74, 6) is -0.859. The molecular formula is C9H6F4O. The monoisotopic (exact) mass is 206 g/mol. The van der Waals surface area contributed by atoms with Crippen molar-refractivity contribution >= 4 is 0 Å². The minimum atomic E-state index is -4.52. The van der Waals surface area contributed by atoms with Crippen LogP contribution in [-0.2, 0) is 10.9 Å². The normalized spacial score (nSPS) is 21.0. The molecule has 1 aliphatic rings. The molecule has 1 saturated heterocycles. The molecule has 76 valence electrons. The second-order valence-electron chi connectivity index (χ2n) is 3.02. The summed E-state index contributed by atoms with van der Waals surface area (Å²) in [6, 6.07) is 2.91. The molecule has 1 aromatic carbocycles. The summed E-state index contributed by atoms with van der Waals surface area (Å²) in [4.78, 5) is 0. The van der Waals surface area contributed by atoms with Gasteiger partial charge in [-0.05, 0) is 12.1 Å². The van der Waals surface area contributed by atoms with Crippen molar-refractivity contribution in [2.45, 2.75) is 12.3 Å². The molecule has 0 bridgehead atoms. The van der Waals surface area contributed by atoms with E-state index in [-0.39, 0.29) is 12.2 Å². The van der Waals surface area contributed by atoms with Gasteiger partial charge in [0.05, 0.1) is 12.2 Å². The molecular weight excluding hydrogens is 200 g/mol. The van der Waals surface area contributed by atoms with Gasteiger partial charge in [0, 0.05) is 5.56 Å². The van der Waals surface area contributed by atoms with E-state index in [9.17, 15) is 17.6 Å². The molecule has 0 saturated carbocycles. The minimum absolute atomic E-state index is 0.157. The lowest BCUT2D eigenvalue weighted by Gasteiger charge is -2.11. The maximum Gasteiger partial charge on any atom is 0.416 e. The third-order valence-electron chi connectivity index (χ3n) is 2.01. The van der Waals surface area contributed by atoms with Crippen LogP contribution in [0.15, 0.2) is 18.2 Å². The third-order valence-corrected chi connectivity index (χ3v) is 2.01. The summed E-state index contributed by atoms with van der Waals surface area (Å²) in [5.41, 5.74) is -1.32. The van der Waals surface area contributed by atoms with Gasteiger partial charge in [0.2, 0.25) is 0 Å². The number of rotatable bonds is 1. The Balaban J connectivity index is 2.53. The fourth-order valence-corrected chi connectivity index (χ4v) is 1.33. The molecule has 1 heterocycles. The molecule has 0 radical (unpaired) electrons. The zero-order valence-electron chi connectivity index (χ0n) is 6.94. The average Bonchev–Trinajstić information content (AvgIpc) is 2.85. The lowest BCUT2D eigenvalue weighted by molar-refractivity contribution is -0.138. The third kappa shape index (κ3) is 1.59. The summed E-state index contributed by atoms with van der Waals surface area (Å²) in [6.45, 7) is 0.157. The number of hydrogen-bond acceptors (Lipinski definition) is 1. The zero-order valence-corrected chi connectivity index (χ0v) is 6.94. The van der Waals surface area contributed by atoms with Crippen molar-refractivity contribution in [3.8, 4) is 0 Å². The topological polar surface area (TPSA) is 12.5 Å². The van der Waals surface area contributed by atoms with Crippen LogP contribution in [0.4, 0.5) is 17.6 Å². The van der Waals surface area contributed by atoms with Gasteiger partial charge in [0.1, 0.15) is 11.9 Å². The minimum Gasteiger partial charge on any atom is -0.368 e. The van der Waals surface area contributed by atoms with Crippen LogP contribution in [0.2, 0.25) is 0 Å². The quantitative estimate of drug-likeness (QED) is 0.508. The number of epoxide rings is 1. The van der Waals surface area contributed by atoms with Crippen molar-refractivity contribution in [1.82, 2.24) is 0 Å². The van der Waals surface area contributed by atoms with E-state index in [1.165, 1.54) is 0 Å². The van der Waals surface area contributed by atoms with E-state index in [4.69, 9.17) is 0 Å². The van der Waals surface area contributed by atoms with Crippen LogP contribution in [0.3, 0.4) is 0 Å². The van der Waals surface area contributed by atoms with Gasteiger partial charge in [-0.15, -0.1) is 0 Å². The highest BCUT2D eigenvalue weighted by Crippen LogP contribution is 2.41. The summed E-state index contributed by atoms with van der Waals surface area (Å²) in [6.07, 6.45) is -5.25. The van der Waals surface area contributed by atoms with E-state index in [1.807, 2.05) is 0 Å². The van der Waals surface area contributed by atoms with Crippen LogP contribution < -0.4 is 0 Å². The summed E-state index contributed by atoms with van der Waals surface area (Å²) in [7, 11) is 0. The van der Waals surface area contributed by atoms with Gasteiger partial charge in [-0.3, -0.25) is 0 Å². The van der Waals surface area contributed by atoms with E-state index in [0.29, 0.717) is 0 Å². The smallest absolute Gasteiger partial charge is 0.368 e.